The predicted octanol–water partition coefficient (Wildman–Crippen LogP) is 2.98. The summed E-state index contributed by atoms with van der Waals surface area (Å²) in [4.78, 5) is 24.0. The van der Waals surface area contributed by atoms with Crippen LogP contribution >= 0.6 is 34.8 Å². The van der Waals surface area contributed by atoms with Crippen LogP contribution in [0.2, 0.25) is 0 Å². The van der Waals surface area contributed by atoms with Crippen molar-refractivity contribution in [3.8, 4) is 0 Å². The van der Waals surface area contributed by atoms with Crippen molar-refractivity contribution < 1.29 is 9.59 Å². The number of hydrogen-bond acceptors (Lipinski definition) is 2. The van der Waals surface area contributed by atoms with Crippen LogP contribution in [0.5, 0.6) is 0 Å². The van der Waals surface area contributed by atoms with Crippen LogP contribution < -0.4 is 10.2 Å². The Kier molecular flexibility index (Phi) is 4.85. The normalized spacial score (nSPS) is 10.9. The van der Waals surface area contributed by atoms with Gasteiger partial charge in [-0.25, -0.2) is 0 Å². The van der Waals surface area contributed by atoms with Crippen LogP contribution in [0.1, 0.15) is 6.92 Å². The summed E-state index contributed by atoms with van der Waals surface area (Å²) in [6.07, 6.45) is 0. The lowest BCUT2D eigenvalue weighted by Crippen LogP contribution is -2.27. The van der Waals surface area contributed by atoms with Crippen molar-refractivity contribution in [1.82, 2.24) is 0 Å². The van der Waals surface area contributed by atoms with Gasteiger partial charge in [-0.1, -0.05) is 34.8 Å². The highest BCUT2D eigenvalue weighted by Crippen LogP contribution is 2.28. The maximum atomic E-state index is 11.4. The maximum Gasteiger partial charge on any atom is 0.276 e. The molecule has 0 atom stereocenters. The van der Waals surface area contributed by atoms with Crippen LogP contribution in [0.3, 0.4) is 0 Å². The molecule has 0 spiro atoms. The number of nitrogens with zero attached hydrogens (tertiary/aromatic N) is 1. The summed E-state index contributed by atoms with van der Waals surface area (Å²) in [5, 5.41) is 2.44. The number of hydrogen-bond donors (Lipinski definition) is 1. The average Bonchev–Trinajstić information content (AvgIpc) is 2.27. The molecule has 0 aliphatic rings. The fraction of sp³-hybridized carbons (Fsp3) is 0.273. The fourth-order valence-corrected chi connectivity index (χ4v) is 1.29. The lowest BCUT2D eigenvalue weighted by atomic mass is 10.2. The van der Waals surface area contributed by atoms with Gasteiger partial charge in [-0.2, -0.15) is 0 Å². The number of amides is 2. The summed E-state index contributed by atoms with van der Waals surface area (Å²) in [5.74, 6) is -0.826. The molecule has 98 valence electrons. The minimum Gasteiger partial charge on any atom is -0.322 e. The molecule has 2 amide bonds. The standard InChI is InChI=1S/C11H11Cl3N2O2/c1-7(17)16(2)9-5-3-8(4-6-9)15-10(18)11(12,13)14/h3-6H,1-2H3,(H,15,18). The zero-order chi connectivity index (χ0) is 13.9. The molecule has 4 nitrogen and oxygen atoms in total. The van der Waals surface area contributed by atoms with Crippen molar-refractivity contribution in [3.63, 3.8) is 0 Å². The van der Waals surface area contributed by atoms with Gasteiger partial charge < -0.3 is 10.2 Å². The van der Waals surface area contributed by atoms with E-state index in [-0.39, 0.29) is 5.91 Å². The Morgan fingerprint density at radius 1 is 1.17 bits per heavy atom. The first kappa shape index (κ1) is 15.1. The maximum absolute atomic E-state index is 11.4. The molecule has 1 rings (SSSR count). The van der Waals surface area contributed by atoms with E-state index in [1.807, 2.05) is 0 Å². The highest BCUT2D eigenvalue weighted by molar-refractivity contribution is 6.76. The smallest absolute Gasteiger partial charge is 0.276 e. The Morgan fingerprint density at radius 3 is 2.06 bits per heavy atom. The Bertz CT molecular complexity index is 454. The third kappa shape index (κ3) is 4.05. The molecule has 0 aliphatic carbocycles. The van der Waals surface area contributed by atoms with E-state index in [4.69, 9.17) is 34.8 Å². The van der Waals surface area contributed by atoms with E-state index in [1.165, 1.54) is 11.8 Å². The van der Waals surface area contributed by atoms with Gasteiger partial charge in [0.2, 0.25) is 5.91 Å². The minimum atomic E-state index is -2.01. The van der Waals surface area contributed by atoms with Gasteiger partial charge in [-0.05, 0) is 24.3 Å². The Labute approximate surface area is 120 Å². The number of anilines is 2. The quantitative estimate of drug-likeness (QED) is 0.854. The SMILES string of the molecule is CC(=O)N(C)c1ccc(NC(=O)C(Cl)(Cl)Cl)cc1. The minimum absolute atomic E-state index is 0.0897. The van der Waals surface area contributed by atoms with Crippen LogP contribution in [-0.2, 0) is 9.59 Å². The first-order valence-corrected chi connectivity index (χ1v) is 6.07. The monoisotopic (exact) mass is 308 g/mol. The second kappa shape index (κ2) is 5.78. The largest absolute Gasteiger partial charge is 0.322 e. The van der Waals surface area contributed by atoms with Crippen LogP contribution in [0.15, 0.2) is 24.3 Å². The highest BCUT2D eigenvalue weighted by Gasteiger charge is 2.30. The molecule has 0 fully saturated rings. The second-order valence-electron chi connectivity index (χ2n) is 3.58. The molecular weight excluding hydrogens is 298 g/mol. The molecule has 0 saturated heterocycles. The van der Waals surface area contributed by atoms with E-state index in [0.29, 0.717) is 11.4 Å². The van der Waals surface area contributed by atoms with Crippen molar-refractivity contribution in [3.05, 3.63) is 24.3 Å². The van der Waals surface area contributed by atoms with Gasteiger partial charge in [0.05, 0.1) is 0 Å². The molecule has 0 unspecified atom stereocenters. The molecule has 1 aromatic carbocycles. The molecule has 0 saturated carbocycles. The summed E-state index contributed by atoms with van der Waals surface area (Å²) < 4.78 is -2.01. The third-order valence-corrected chi connectivity index (χ3v) is 2.76. The average molecular weight is 310 g/mol. The van der Waals surface area contributed by atoms with Crippen molar-refractivity contribution in [2.45, 2.75) is 10.7 Å². The fourth-order valence-electron chi connectivity index (χ4n) is 1.15. The number of carbonyl (C=O) groups excluding carboxylic acids is 2. The molecule has 7 heteroatoms. The van der Waals surface area contributed by atoms with Gasteiger partial charge in [0.1, 0.15) is 0 Å². The number of carbonyl (C=O) groups is 2. The first-order valence-electron chi connectivity index (χ1n) is 4.94. The first-order chi connectivity index (χ1) is 8.21. The number of halogens is 3. The number of alkyl halides is 3. The zero-order valence-electron chi connectivity index (χ0n) is 9.71. The van der Waals surface area contributed by atoms with Gasteiger partial charge in [-0.15, -0.1) is 0 Å². The molecule has 0 aromatic heterocycles. The summed E-state index contributed by atoms with van der Waals surface area (Å²) in [6.45, 7) is 1.46. The number of nitrogens with one attached hydrogen (secondary N) is 1. The van der Waals surface area contributed by atoms with Crippen LogP contribution in [0.25, 0.3) is 0 Å². The summed E-state index contributed by atoms with van der Waals surface area (Å²) >= 11 is 16.3. The van der Waals surface area contributed by atoms with E-state index < -0.39 is 9.70 Å². The summed E-state index contributed by atoms with van der Waals surface area (Å²) in [5.41, 5.74) is 1.18. The van der Waals surface area contributed by atoms with Crippen molar-refractivity contribution >= 4 is 58.0 Å². The van der Waals surface area contributed by atoms with Gasteiger partial charge >= 0.3 is 0 Å². The van der Waals surface area contributed by atoms with Gasteiger partial charge in [0.15, 0.2) is 0 Å². The van der Waals surface area contributed by atoms with Gasteiger partial charge in [-0.3, -0.25) is 9.59 Å². The molecule has 18 heavy (non-hydrogen) atoms. The third-order valence-electron chi connectivity index (χ3n) is 2.24. The summed E-state index contributed by atoms with van der Waals surface area (Å²) in [7, 11) is 1.65. The van der Waals surface area contributed by atoms with E-state index in [2.05, 4.69) is 5.32 Å². The number of rotatable bonds is 2. The second-order valence-corrected chi connectivity index (χ2v) is 5.86. The Balaban J connectivity index is 2.78. The van der Waals surface area contributed by atoms with Crippen LogP contribution in [0, 0.1) is 0 Å². The van der Waals surface area contributed by atoms with E-state index in [1.54, 1.807) is 31.3 Å². The van der Waals surface area contributed by atoms with E-state index >= 15 is 0 Å². The van der Waals surface area contributed by atoms with E-state index in [0.717, 1.165) is 0 Å². The molecule has 1 N–H and O–H groups in total. The zero-order valence-corrected chi connectivity index (χ0v) is 12.0. The van der Waals surface area contributed by atoms with Gasteiger partial charge in [0.25, 0.3) is 9.70 Å². The molecule has 0 bridgehead atoms. The highest BCUT2D eigenvalue weighted by atomic mass is 35.6. The van der Waals surface area contributed by atoms with Crippen molar-refractivity contribution in [2.75, 3.05) is 17.3 Å². The Morgan fingerprint density at radius 2 is 1.67 bits per heavy atom. The van der Waals surface area contributed by atoms with Crippen LogP contribution in [-0.4, -0.2) is 22.7 Å². The van der Waals surface area contributed by atoms with E-state index in [9.17, 15) is 9.59 Å². The van der Waals surface area contributed by atoms with Crippen molar-refractivity contribution in [1.29, 1.82) is 0 Å². The topological polar surface area (TPSA) is 49.4 Å². The molecule has 0 aliphatic heterocycles. The predicted molar refractivity (Wildman–Crippen MR) is 74.4 cm³/mol. The van der Waals surface area contributed by atoms with Crippen molar-refractivity contribution in [2.24, 2.45) is 0 Å². The lowest BCUT2D eigenvalue weighted by Gasteiger charge is -2.16. The Hall–Kier alpha value is -0.970. The molecular formula is C11H11Cl3N2O2. The lowest BCUT2D eigenvalue weighted by molar-refractivity contribution is -0.116. The number of benzene rings is 1. The van der Waals surface area contributed by atoms with Gasteiger partial charge in [0, 0.05) is 25.3 Å². The summed E-state index contributed by atoms with van der Waals surface area (Å²) in [6, 6.07) is 6.58. The molecule has 1 aromatic rings. The molecule has 0 heterocycles. The molecule has 0 radical (unpaired) electrons. The van der Waals surface area contributed by atoms with Crippen LogP contribution in [0.4, 0.5) is 11.4 Å².